The molecule has 2 aromatic rings. The summed E-state index contributed by atoms with van der Waals surface area (Å²) >= 11 is 1.60. The van der Waals surface area contributed by atoms with Crippen LogP contribution in [0.4, 0.5) is 0 Å². The average Bonchev–Trinajstić information content (AvgIpc) is 3.94. The molecule has 5 aliphatic rings. The fourth-order valence-electron chi connectivity index (χ4n) is 8.33. The van der Waals surface area contributed by atoms with Crippen molar-refractivity contribution in [3.05, 3.63) is 68.7 Å². The molecule has 0 radical (unpaired) electrons. The van der Waals surface area contributed by atoms with Gasteiger partial charge < -0.3 is 25.4 Å². The zero-order valence-electron chi connectivity index (χ0n) is 34.0. The Morgan fingerprint density at radius 3 is 2.61 bits per heavy atom. The molecule has 4 N–H and O–H groups in total. The minimum atomic E-state index is -3.96. The van der Waals surface area contributed by atoms with Crippen LogP contribution in [0, 0.1) is 12.8 Å². The van der Waals surface area contributed by atoms with Crippen molar-refractivity contribution in [2.75, 3.05) is 13.7 Å². The fourth-order valence-corrected chi connectivity index (χ4v) is 10.7. The standard InChI is InChI=1S/C43H57N5O7S2/c1-25(2)34-24-56-39(45-34)32-21-37(31-16-17-36(54-6)27(4)30(31)15-14-26(32)3)55-29-20-35-38(49)46-43(41(51)47-57(52,53)42(5)18-19-42)22-28(43)12-10-8-7-9-11-13-33(44)40(50)48(35)23-29/h10,12,16-17,21,24-25,28-29,33,35H,7-9,11,13-15,18-20,22-23,44H2,1-6H3,(H,46,49)(H,47,51). The van der Waals surface area contributed by atoms with Crippen LogP contribution in [-0.4, -0.2) is 78.2 Å². The molecule has 0 bridgehead atoms. The minimum Gasteiger partial charge on any atom is -0.496 e. The molecule has 3 heterocycles. The molecule has 14 heteroatoms. The molecule has 1 aromatic carbocycles. The van der Waals surface area contributed by atoms with E-state index in [2.05, 4.69) is 36.2 Å². The number of nitrogens with zero attached hydrogens (tertiary/aromatic N) is 2. The molecule has 5 unspecified atom stereocenters. The number of methoxy groups -OCH3 is 1. The van der Waals surface area contributed by atoms with Crippen LogP contribution < -0.4 is 20.5 Å². The molecule has 1 aromatic heterocycles. The lowest BCUT2D eigenvalue weighted by Crippen LogP contribution is -2.58. The Hall–Kier alpha value is -4.01. The fraction of sp³-hybridized carbons (Fsp3) is 0.581. The van der Waals surface area contributed by atoms with Gasteiger partial charge in [0.05, 0.1) is 30.1 Å². The number of rotatable bonds is 8. The first-order valence-electron chi connectivity index (χ1n) is 20.4. The van der Waals surface area contributed by atoms with Crippen LogP contribution in [-0.2, 0) is 35.6 Å². The highest BCUT2D eigenvalue weighted by Crippen LogP contribution is 2.48. The normalized spacial score (nSPS) is 27.8. The van der Waals surface area contributed by atoms with E-state index in [9.17, 15) is 22.8 Å². The van der Waals surface area contributed by atoms with Gasteiger partial charge in [0.15, 0.2) is 0 Å². The van der Waals surface area contributed by atoms with Gasteiger partial charge in [-0.25, -0.2) is 13.4 Å². The van der Waals surface area contributed by atoms with Gasteiger partial charge in [0.25, 0.3) is 5.91 Å². The van der Waals surface area contributed by atoms with Crippen molar-refractivity contribution in [2.45, 2.75) is 140 Å². The molecule has 12 nitrogen and oxygen atoms in total. The van der Waals surface area contributed by atoms with E-state index in [1.165, 1.54) is 10.5 Å². The van der Waals surface area contributed by atoms with E-state index in [0.717, 1.165) is 77.2 Å². The summed E-state index contributed by atoms with van der Waals surface area (Å²) in [4.78, 5) is 49.1. The van der Waals surface area contributed by atoms with Crippen molar-refractivity contribution >= 4 is 50.4 Å². The van der Waals surface area contributed by atoms with Crippen LogP contribution in [0.1, 0.15) is 125 Å². The van der Waals surface area contributed by atoms with E-state index in [0.29, 0.717) is 25.0 Å². The molecular formula is C43H57N5O7S2. The number of allylic oxidation sites excluding steroid dienone is 4. The average molecular weight is 820 g/mol. The van der Waals surface area contributed by atoms with Crippen molar-refractivity contribution < 1.29 is 32.3 Å². The zero-order chi connectivity index (χ0) is 40.9. The molecule has 0 spiro atoms. The number of benzene rings is 1. The Balaban J connectivity index is 1.23. The minimum absolute atomic E-state index is 0.106. The number of hydrogen-bond donors (Lipinski definition) is 3. The molecule has 1 saturated heterocycles. The Labute approximate surface area is 340 Å². The van der Waals surface area contributed by atoms with E-state index in [1.807, 2.05) is 37.3 Å². The number of fused-ring (bicyclic) bond motifs is 3. The summed E-state index contributed by atoms with van der Waals surface area (Å²) in [5.41, 5.74) is 11.3. The SMILES string of the molecule is COc1ccc2c(c1C)CCC(C)=C(c1nc(C(C)C)cs1)C=C2OC1CC2C(=O)NC3(C(=O)NS(=O)(=O)C4(C)CC4)CC3C=CCCCCCC(N)C(=O)N2C1. The summed E-state index contributed by atoms with van der Waals surface area (Å²) < 4.78 is 40.4. The maximum absolute atomic E-state index is 14.5. The molecular weight excluding hydrogens is 763 g/mol. The number of nitrogens with one attached hydrogen (secondary N) is 2. The van der Waals surface area contributed by atoms with E-state index in [-0.39, 0.29) is 37.1 Å². The molecule has 7 rings (SSSR count). The van der Waals surface area contributed by atoms with Crippen molar-refractivity contribution in [3.8, 4) is 5.75 Å². The molecule has 3 fully saturated rings. The first-order chi connectivity index (χ1) is 27.1. The number of sulfonamides is 1. The lowest BCUT2D eigenvalue weighted by Gasteiger charge is -2.28. The lowest BCUT2D eigenvalue weighted by atomic mass is 9.89. The Kier molecular flexibility index (Phi) is 11.5. The third-order valence-corrected chi connectivity index (χ3v) is 15.7. The molecule has 3 aliphatic carbocycles. The topological polar surface area (TPSA) is 170 Å². The molecule has 5 atom stereocenters. The van der Waals surface area contributed by atoms with Crippen LogP contribution >= 0.6 is 11.3 Å². The number of aromatic nitrogens is 1. The largest absolute Gasteiger partial charge is 0.496 e. The molecule has 2 aliphatic heterocycles. The second kappa shape index (κ2) is 16.0. The Morgan fingerprint density at radius 2 is 1.91 bits per heavy atom. The van der Waals surface area contributed by atoms with Gasteiger partial charge >= 0.3 is 0 Å². The van der Waals surface area contributed by atoms with Gasteiger partial charge in [-0.05, 0) is 107 Å². The first-order valence-corrected chi connectivity index (χ1v) is 22.8. The predicted molar refractivity (Wildman–Crippen MR) is 222 cm³/mol. The van der Waals surface area contributed by atoms with Gasteiger partial charge in [-0.2, -0.15) is 0 Å². The monoisotopic (exact) mass is 819 g/mol. The quantitative estimate of drug-likeness (QED) is 0.269. The number of hydrogen-bond acceptors (Lipinski definition) is 10. The smallest absolute Gasteiger partial charge is 0.259 e. The van der Waals surface area contributed by atoms with Gasteiger partial charge in [0.1, 0.15) is 34.2 Å². The molecule has 57 heavy (non-hydrogen) atoms. The van der Waals surface area contributed by atoms with Crippen molar-refractivity contribution in [1.82, 2.24) is 19.9 Å². The maximum Gasteiger partial charge on any atom is 0.259 e. The van der Waals surface area contributed by atoms with Crippen LogP contribution in [0.25, 0.3) is 11.3 Å². The summed E-state index contributed by atoms with van der Waals surface area (Å²) in [5.74, 6) is -0.354. The Bertz CT molecular complexity index is 2130. The van der Waals surface area contributed by atoms with Crippen molar-refractivity contribution in [2.24, 2.45) is 11.7 Å². The lowest BCUT2D eigenvalue weighted by molar-refractivity contribution is -0.140. The van der Waals surface area contributed by atoms with Gasteiger partial charge in [0, 0.05) is 28.9 Å². The number of ether oxygens (including phenoxy) is 2. The number of nitrogens with two attached hydrogens (primary N) is 1. The summed E-state index contributed by atoms with van der Waals surface area (Å²) in [6.45, 7) is 10.1. The zero-order valence-corrected chi connectivity index (χ0v) is 35.6. The van der Waals surface area contributed by atoms with Crippen molar-refractivity contribution in [3.63, 3.8) is 0 Å². The van der Waals surface area contributed by atoms with Crippen LogP contribution in [0.3, 0.4) is 0 Å². The third-order valence-electron chi connectivity index (χ3n) is 12.7. The van der Waals surface area contributed by atoms with Gasteiger partial charge in [-0.3, -0.25) is 19.1 Å². The molecule has 2 saturated carbocycles. The Morgan fingerprint density at radius 1 is 1.14 bits per heavy atom. The highest BCUT2D eigenvalue weighted by molar-refractivity contribution is 7.91. The number of carbonyl (C=O) groups excluding carboxylic acids is 3. The summed E-state index contributed by atoms with van der Waals surface area (Å²) in [5, 5.41) is 5.96. The van der Waals surface area contributed by atoms with E-state index in [1.54, 1.807) is 25.4 Å². The van der Waals surface area contributed by atoms with E-state index >= 15 is 0 Å². The highest BCUT2D eigenvalue weighted by Gasteiger charge is 2.63. The number of carbonyl (C=O) groups is 3. The van der Waals surface area contributed by atoms with E-state index < -0.39 is 50.3 Å². The number of amides is 3. The second-order valence-electron chi connectivity index (χ2n) is 17.2. The van der Waals surface area contributed by atoms with Gasteiger partial charge in [-0.1, -0.05) is 44.4 Å². The third kappa shape index (κ3) is 8.18. The van der Waals surface area contributed by atoms with Crippen LogP contribution in [0.5, 0.6) is 5.75 Å². The predicted octanol–water partition coefficient (Wildman–Crippen LogP) is 6.05. The van der Waals surface area contributed by atoms with Crippen LogP contribution in [0.15, 0.2) is 41.3 Å². The first kappa shape index (κ1) is 41.2. The summed E-state index contributed by atoms with van der Waals surface area (Å²) in [7, 11) is -2.29. The number of thiazole rings is 1. The van der Waals surface area contributed by atoms with Gasteiger partial charge in [-0.15, -0.1) is 11.3 Å². The summed E-state index contributed by atoms with van der Waals surface area (Å²) in [6, 6.07) is 2.13. The molecule has 308 valence electrons. The molecule has 3 amide bonds. The second-order valence-corrected chi connectivity index (χ2v) is 20.2. The van der Waals surface area contributed by atoms with Gasteiger partial charge in [0.2, 0.25) is 21.8 Å². The highest BCUT2D eigenvalue weighted by atomic mass is 32.2. The maximum atomic E-state index is 14.5. The summed E-state index contributed by atoms with van der Waals surface area (Å²) in [6.07, 6.45) is 12.0. The van der Waals surface area contributed by atoms with Crippen molar-refractivity contribution in [1.29, 1.82) is 0 Å². The van der Waals surface area contributed by atoms with Crippen LogP contribution in [0.2, 0.25) is 0 Å². The van der Waals surface area contributed by atoms with E-state index in [4.69, 9.17) is 20.2 Å².